The second-order valence-electron chi connectivity index (χ2n) is 8.19. The average molecular weight is 481 g/mol. The summed E-state index contributed by atoms with van der Waals surface area (Å²) in [7, 11) is -2.71. The van der Waals surface area contributed by atoms with E-state index >= 15 is 0 Å². The van der Waals surface area contributed by atoms with E-state index in [1.807, 2.05) is 19.1 Å². The molecule has 3 aromatic rings. The molecule has 0 radical (unpaired) electrons. The standard InChI is InChI=1S/C26H28N2O5S/c1-18(2)20-9-13-23(14-10-20)28(34(31,32)24-15-5-19(3)6-16-24)17-25(29)27-22-11-7-21(8-12-22)26(30)33-4/h5-16,18H,17H2,1-4H3,(H,27,29). The SMILES string of the molecule is COC(=O)c1ccc(NC(=O)CN(c2ccc(C(C)C)cc2)S(=O)(=O)c2ccc(C)cc2)cc1. The molecule has 0 heterocycles. The number of anilines is 2. The van der Waals surface area contributed by atoms with Crippen molar-refractivity contribution in [1.29, 1.82) is 0 Å². The molecule has 0 atom stereocenters. The van der Waals surface area contributed by atoms with Gasteiger partial charge in [-0.25, -0.2) is 13.2 Å². The van der Waals surface area contributed by atoms with Crippen molar-refractivity contribution in [3.05, 3.63) is 89.5 Å². The summed E-state index contributed by atoms with van der Waals surface area (Å²) in [5.41, 5.74) is 3.16. The van der Waals surface area contributed by atoms with Gasteiger partial charge in [-0.15, -0.1) is 0 Å². The third-order valence-corrected chi connectivity index (χ3v) is 7.12. The zero-order valence-electron chi connectivity index (χ0n) is 19.6. The van der Waals surface area contributed by atoms with Gasteiger partial charge < -0.3 is 10.1 Å². The Kier molecular flexibility index (Phi) is 7.73. The molecule has 34 heavy (non-hydrogen) atoms. The zero-order valence-corrected chi connectivity index (χ0v) is 20.4. The molecule has 7 nitrogen and oxygen atoms in total. The predicted octanol–water partition coefficient (Wildman–Crippen LogP) is 4.74. The highest BCUT2D eigenvalue weighted by Gasteiger charge is 2.27. The van der Waals surface area contributed by atoms with E-state index in [1.165, 1.54) is 31.4 Å². The second kappa shape index (κ2) is 10.5. The number of benzene rings is 3. The Morgan fingerprint density at radius 2 is 1.50 bits per heavy atom. The minimum Gasteiger partial charge on any atom is -0.465 e. The number of nitrogens with one attached hydrogen (secondary N) is 1. The molecule has 3 aromatic carbocycles. The van der Waals surface area contributed by atoms with Gasteiger partial charge in [0.2, 0.25) is 5.91 Å². The van der Waals surface area contributed by atoms with Gasteiger partial charge in [0.15, 0.2) is 0 Å². The lowest BCUT2D eigenvalue weighted by Gasteiger charge is -2.24. The molecular formula is C26H28N2O5S. The Balaban J connectivity index is 1.89. The van der Waals surface area contributed by atoms with Crippen LogP contribution in [-0.4, -0.2) is 33.9 Å². The lowest BCUT2D eigenvalue weighted by Crippen LogP contribution is -2.38. The molecule has 0 aliphatic carbocycles. The first-order valence-electron chi connectivity index (χ1n) is 10.8. The van der Waals surface area contributed by atoms with Gasteiger partial charge in [0.1, 0.15) is 6.54 Å². The van der Waals surface area contributed by atoms with Gasteiger partial charge in [0, 0.05) is 5.69 Å². The van der Waals surface area contributed by atoms with Gasteiger partial charge >= 0.3 is 5.97 Å². The number of nitrogens with zero attached hydrogens (tertiary/aromatic N) is 1. The molecule has 0 spiro atoms. The molecule has 8 heteroatoms. The van der Waals surface area contributed by atoms with Crippen LogP contribution >= 0.6 is 0 Å². The van der Waals surface area contributed by atoms with E-state index in [1.54, 1.807) is 36.4 Å². The summed E-state index contributed by atoms with van der Waals surface area (Å²) in [6, 6.07) is 19.8. The largest absolute Gasteiger partial charge is 0.465 e. The molecule has 0 saturated carbocycles. The Bertz CT molecular complexity index is 1250. The summed E-state index contributed by atoms with van der Waals surface area (Å²) in [4.78, 5) is 24.6. The predicted molar refractivity (Wildman–Crippen MR) is 133 cm³/mol. The first kappa shape index (κ1) is 25.0. The number of esters is 1. The highest BCUT2D eigenvalue weighted by atomic mass is 32.2. The van der Waals surface area contributed by atoms with E-state index in [0.717, 1.165) is 15.4 Å². The molecular weight excluding hydrogens is 452 g/mol. The van der Waals surface area contributed by atoms with E-state index in [2.05, 4.69) is 23.9 Å². The topological polar surface area (TPSA) is 92.8 Å². The van der Waals surface area contributed by atoms with Crippen LogP contribution in [0.5, 0.6) is 0 Å². The Morgan fingerprint density at radius 1 is 0.912 bits per heavy atom. The quantitative estimate of drug-likeness (QED) is 0.470. The van der Waals surface area contributed by atoms with Crippen molar-refractivity contribution in [2.75, 3.05) is 23.3 Å². The molecule has 0 fully saturated rings. The van der Waals surface area contributed by atoms with Crippen molar-refractivity contribution in [3.63, 3.8) is 0 Å². The molecule has 178 valence electrons. The van der Waals surface area contributed by atoms with Crippen molar-refractivity contribution in [1.82, 2.24) is 0 Å². The smallest absolute Gasteiger partial charge is 0.337 e. The van der Waals surface area contributed by atoms with Crippen molar-refractivity contribution < 1.29 is 22.7 Å². The molecule has 0 aliphatic rings. The summed E-state index contributed by atoms with van der Waals surface area (Å²) < 4.78 is 32.8. The van der Waals surface area contributed by atoms with Gasteiger partial charge in [-0.2, -0.15) is 0 Å². The number of rotatable bonds is 8. The van der Waals surface area contributed by atoms with Crippen molar-refractivity contribution in [2.24, 2.45) is 0 Å². The maximum atomic E-state index is 13.5. The number of sulfonamides is 1. The fourth-order valence-electron chi connectivity index (χ4n) is 3.32. The summed E-state index contributed by atoms with van der Waals surface area (Å²) in [5.74, 6) is -0.722. The third kappa shape index (κ3) is 5.82. The van der Waals surface area contributed by atoms with Gasteiger partial charge in [-0.1, -0.05) is 43.7 Å². The maximum Gasteiger partial charge on any atom is 0.337 e. The van der Waals surface area contributed by atoms with Crippen LogP contribution in [0.4, 0.5) is 11.4 Å². The van der Waals surface area contributed by atoms with E-state index in [9.17, 15) is 18.0 Å². The van der Waals surface area contributed by atoms with E-state index in [0.29, 0.717) is 16.9 Å². The average Bonchev–Trinajstić information content (AvgIpc) is 2.82. The van der Waals surface area contributed by atoms with Gasteiger partial charge in [0.05, 0.1) is 23.3 Å². The number of methoxy groups -OCH3 is 1. The minimum atomic E-state index is -4.00. The van der Waals surface area contributed by atoms with Crippen LogP contribution in [0.1, 0.15) is 41.3 Å². The van der Waals surface area contributed by atoms with E-state index in [-0.39, 0.29) is 10.8 Å². The van der Waals surface area contributed by atoms with Crippen molar-refractivity contribution >= 4 is 33.3 Å². The van der Waals surface area contributed by atoms with Crippen LogP contribution < -0.4 is 9.62 Å². The Morgan fingerprint density at radius 3 is 2.03 bits per heavy atom. The molecule has 0 unspecified atom stereocenters. The van der Waals surface area contributed by atoms with Gasteiger partial charge in [-0.05, 0) is 66.9 Å². The highest BCUT2D eigenvalue weighted by Crippen LogP contribution is 2.26. The molecule has 1 N–H and O–H groups in total. The number of ether oxygens (including phenoxy) is 1. The summed E-state index contributed by atoms with van der Waals surface area (Å²) in [5, 5.41) is 2.69. The monoisotopic (exact) mass is 480 g/mol. The maximum absolute atomic E-state index is 13.5. The number of carbonyl (C=O) groups excluding carboxylic acids is 2. The lowest BCUT2D eigenvalue weighted by molar-refractivity contribution is -0.114. The Hall–Kier alpha value is -3.65. The van der Waals surface area contributed by atoms with Gasteiger partial charge in [-0.3, -0.25) is 9.10 Å². The summed E-state index contributed by atoms with van der Waals surface area (Å²) in [6.07, 6.45) is 0. The van der Waals surface area contributed by atoms with Crippen LogP contribution in [0.2, 0.25) is 0 Å². The van der Waals surface area contributed by atoms with Crippen LogP contribution in [-0.2, 0) is 19.6 Å². The zero-order chi connectivity index (χ0) is 24.9. The normalized spacial score (nSPS) is 11.2. The number of aryl methyl sites for hydroxylation is 1. The Labute approximate surface area is 200 Å². The molecule has 0 aliphatic heterocycles. The van der Waals surface area contributed by atoms with Crippen molar-refractivity contribution in [2.45, 2.75) is 31.6 Å². The number of hydrogen-bond acceptors (Lipinski definition) is 5. The molecule has 0 aromatic heterocycles. The lowest BCUT2D eigenvalue weighted by atomic mass is 10.0. The summed E-state index contributed by atoms with van der Waals surface area (Å²) >= 11 is 0. The minimum absolute atomic E-state index is 0.0984. The summed E-state index contributed by atoms with van der Waals surface area (Å²) in [6.45, 7) is 5.55. The molecule has 3 rings (SSSR count). The van der Waals surface area contributed by atoms with Crippen molar-refractivity contribution in [3.8, 4) is 0 Å². The first-order valence-corrected chi connectivity index (χ1v) is 12.2. The van der Waals surface area contributed by atoms with Crippen LogP contribution in [0.3, 0.4) is 0 Å². The first-order chi connectivity index (χ1) is 16.1. The fourth-order valence-corrected chi connectivity index (χ4v) is 4.74. The molecule has 1 amide bonds. The van der Waals surface area contributed by atoms with Gasteiger partial charge in [0.25, 0.3) is 10.0 Å². The molecule has 0 saturated heterocycles. The van der Waals surface area contributed by atoms with Crippen LogP contribution in [0.25, 0.3) is 0 Å². The second-order valence-corrected chi connectivity index (χ2v) is 10.1. The number of hydrogen-bond donors (Lipinski definition) is 1. The third-order valence-electron chi connectivity index (χ3n) is 5.33. The number of amides is 1. The fraction of sp³-hybridized carbons (Fsp3) is 0.231. The molecule has 0 bridgehead atoms. The van der Waals surface area contributed by atoms with Crippen LogP contribution in [0, 0.1) is 6.92 Å². The van der Waals surface area contributed by atoms with E-state index in [4.69, 9.17) is 0 Å². The number of carbonyl (C=O) groups is 2. The highest BCUT2D eigenvalue weighted by molar-refractivity contribution is 7.92. The van der Waals surface area contributed by atoms with E-state index < -0.39 is 28.4 Å². The van der Waals surface area contributed by atoms with Crippen LogP contribution in [0.15, 0.2) is 77.7 Å².